The maximum Gasteiger partial charge on any atom is 0.289 e. The number of rotatable bonds is 6. The van der Waals surface area contributed by atoms with E-state index in [1.54, 1.807) is 13.8 Å². The van der Waals surface area contributed by atoms with Crippen molar-refractivity contribution in [3.8, 4) is 0 Å². The van der Waals surface area contributed by atoms with Crippen LogP contribution in [-0.4, -0.2) is 37.3 Å². The summed E-state index contributed by atoms with van der Waals surface area (Å²) in [6, 6.07) is 2.37. The molecule has 0 spiro atoms. The monoisotopic (exact) mass is 363 g/mol. The summed E-state index contributed by atoms with van der Waals surface area (Å²) in [5.74, 6) is 0.246. The van der Waals surface area contributed by atoms with Crippen LogP contribution in [0.15, 0.2) is 17.0 Å². The van der Waals surface area contributed by atoms with Crippen LogP contribution in [0.1, 0.15) is 24.0 Å². The summed E-state index contributed by atoms with van der Waals surface area (Å²) in [4.78, 5) is 10.3. The van der Waals surface area contributed by atoms with E-state index >= 15 is 0 Å². The standard InChI is InChI=1S/C14H21N3O4S.ClH/c1-9-6-12(17(18)19)14(7-10(9)2)22(20,21)16(3)13(8-15)11-4-5-11;/h6-7,11,13H,4-5,8,15H2,1-3H3;1H. The topological polar surface area (TPSA) is 107 Å². The van der Waals surface area contributed by atoms with Gasteiger partial charge in [0, 0.05) is 25.7 Å². The summed E-state index contributed by atoms with van der Waals surface area (Å²) in [7, 11) is -2.51. The Morgan fingerprint density at radius 2 is 1.87 bits per heavy atom. The van der Waals surface area contributed by atoms with Crippen LogP contribution >= 0.6 is 12.4 Å². The molecular formula is C14H22ClN3O4S. The predicted octanol–water partition coefficient (Wildman–Crippen LogP) is 1.99. The van der Waals surface area contributed by atoms with Crippen molar-refractivity contribution in [1.82, 2.24) is 4.31 Å². The lowest BCUT2D eigenvalue weighted by Gasteiger charge is -2.26. The van der Waals surface area contributed by atoms with E-state index in [0.717, 1.165) is 12.8 Å². The van der Waals surface area contributed by atoms with Crippen LogP contribution in [0.3, 0.4) is 0 Å². The number of benzene rings is 1. The molecule has 1 unspecified atom stereocenters. The van der Waals surface area contributed by atoms with Crippen molar-refractivity contribution in [3.05, 3.63) is 33.4 Å². The van der Waals surface area contributed by atoms with Crippen LogP contribution in [0.4, 0.5) is 5.69 Å². The summed E-state index contributed by atoms with van der Waals surface area (Å²) in [6.45, 7) is 3.66. The van der Waals surface area contributed by atoms with E-state index in [2.05, 4.69) is 0 Å². The molecule has 0 heterocycles. The second-order valence-corrected chi connectivity index (χ2v) is 7.79. The van der Waals surface area contributed by atoms with Gasteiger partial charge in [-0.1, -0.05) is 0 Å². The smallest absolute Gasteiger partial charge is 0.289 e. The lowest BCUT2D eigenvalue weighted by Crippen LogP contribution is -2.43. The molecule has 1 aromatic carbocycles. The number of nitro groups is 1. The summed E-state index contributed by atoms with van der Waals surface area (Å²) >= 11 is 0. The van der Waals surface area contributed by atoms with E-state index < -0.39 is 14.9 Å². The van der Waals surface area contributed by atoms with E-state index in [1.165, 1.54) is 23.5 Å². The zero-order chi connectivity index (χ0) is 16.7. The molecule has 1 fully saturated rings. The molecule has 9 heteroatoms. The lowest BCUT2D eigenvalue weighted by molar-refractivity contribution is -0.387. The number of nitro benzene ring substituents is 1. The molecule has 0 aliphatic heterocycles. The fourth-order valence-electron chi connectivity index (χ4n) is 2.58. The molecule has 0 aromatic heterocycles. The van der Waals surface area contributed by atoms with Gasteiger partial charge in [0.1, 0.15) is 0 Å². The first-order valence-electron chi connectivity index (χ1n) is 7.14. The summed E-state index contributed by atoms with van der Waals surface area (Å²) in [5.41, 5.74) is 6.70. The van der Waals surface area contributed by atoms with Gasteiger partial charge in [0.05, 0.1) is 4.92 Å². The molecule has 1 aromatic rings. The van der Waals surface area contributed by atoms with Crippen LogP contribution in [-0.2, 0) is 10.0 Å². The van der Waals surface area contributed by atoms with Gasteiger partial charge in [-0.05, 0) is 49.8 Å². The molecule has 2 rings (SSSR count). The fraction of sp³-hybridized carbons (Fsp3) is 0.571. The van der Waals surface area contributed by atoms with E-state index in [1.807, 2.05) is 0 Å². The van der Waals surface area contributed by atoms with Crippen LogP contribution in [0, 0.1) is 29.9 Å². The van der Waals surface area contributed by atoms with Gasteiger partial charge in [-0.3, -0.25) is 10.1 Å². The van der Waals surface area contributed by atoms with Gasteiger partial charge in [-0.25, -0.2) is 8.42 Å². The van der Waals surface area contributed by atoms with Crippen LogP contribution < -0.4 is 5.73 Å². The Bertz CT molecular complexity index is 704. The minimum atomic E-state index is -3.96. The largest absolute Gasteiger partial charge is 0.329 e. The molecule has 0 radical (unpaired) electrons. The molecule has 1 saturated carbocycles. The third-order valence-corrected chi connectivity index (χ3v) is 6.22. The molecule has 0 bridgehead atoms. The fourth-order valence-corrected chi connectivity index (χ4v) is 4.22. The quantitative estimate of drug-likeness (QED) is 0.614. The number of sulfonamides is 1. The van der Waals surface area contributed by atoms with Gasteiger partial charge < -0.3 is 5.73 Å². The maximum atomic E-state index is 12.8. The van der Waals surface area contributed by atoms with E-state index in [-0.39, 0.29) is 41.5 Å². The minimum absolute atomic E-state index is 0. The van der Waals surface area contributed by atoms with Gasteiger partial charge in [0.15, 0.2) is 4.90 Å². The zero-order valence-electron chi connectivity index (χ0n) is 13.4. The van der Waals surface area contributed by atoms with Gasteiger partial charge in [0.2, 0.25) is 10.0 Å². The van der Waals surface area contributed by atoms with Crippen molar-refractivity contribution in [2.24, 2.45) is 11.7 Å². The Labute approximate surface area is 142 Å². The van der Waals surface area contributed by atoms with Gasteiger partial charge in [0.25, 0.3) is 5.69 Å². The highest BCUT2D eigenvalue weighted by atomic mass is 35.5. The predicted molar refractivity (Wildman–Crippen MR) is 90.3 cm³/mol. The highest BCUT2D eigenvalue weighted by molar-refractivity contribution is 7.89. The Kier molecular flexibility index (Phi) is 6.14. The Morgan fingerprint density at radius 1 is 1.35 bits per heavy atom. The highest BCUT2D eigenvalue weighted by Crippen LogP contribution is 2.37. The SMILES string of the molecule is Cc1cc([N+](=O)[O-])c(S(=O)(=O)N(C)C(CN)C2CC2)cc1C.Cl. The number of aryl methyl sites for hydroxylation is 2. The van der Waals surface area contributed by atoms with Gasteiger partial charge >= 0.3 is 0 Å². The highest BCUT2D eigenvalue weighted by Gasteiger charge is 2.40. The molecule has 130 valence electrons. The number of hydrogen-bond donors (Lipinski definition) is 1. The van der Waals surface area contributed by atoms with E-state index in [9.17, 15) is 18.5 Å². The number of likely N-dealkylation sites (N-methyl/N-ethyl adjacent to an activating group) is 1. The summed E-state index contributed by atoms with van der Waals surface area (Å²) < 4.78 is 26.8. The summed E-state index contributed by atoms with van der Waals surface area (Å²) in [5, 5.41) is 11.2. The average molecular weight is 364 g/mol. The number of hydrogen-bond acceptors (Lipinski definition) is 5. The second-order valence-electron chi connectivity index (χ2n) is 5.82. The lowest BCUT2D eigenvalue weighted by atomic mass is 10.1. The molecule has 23 heavy (non-hydrogen) atoms. The van der Waals surface area contributed by atoms with Crippen molar-refractivity contribution < 1.29 is 13.3 Å². The molecule has 1 aliphatic rings. The molecular weight excluding hydrogens is 342 g/mol. The van der Waals surface area contributed by atoms with Crippen molar-refractivity contribution in [3.63, 3.8) is 0 Å². The number of halogens is 1. The minimum Gasteiger partial charge on any atom is -0.329 e. The van der Waals surface area contributed by atoms with Gasteiger partial charge in [-0.2, -0.15) is 4.31 Å². The van der Waals surface area contributed by atoms with Crippen molar-refractivity contribution in [2.75, 3.05) is 13.6 Å². The normalized spacial score (nSPS) is 16.0. The Morgan fingerprint density at radius 3 is 2.30 bits per heavy atom. The first kappa shape index (κ1) is 19.8. The third-order valence-electron chi connectivity index (χ3n) is 4.30. The average Bonchev–Trinajstić information content (AvgIpc) is 3.26. The van der Waals surface area contributed by atoms with Crippen molar-refractivity contribution in [1.29, 1.82) is 0 Å². The first-order chi connectivity index (χ1) is 10.2. The first-order valence-corrected chi connectivity index (χ1v) is 8.58. The van der Waals surface area contributed by atoms with Crippen LogP contribution in [0.2, 0.25) is 0 Å². The van der Waals surface area contributed by atoms with Crippen molar-refractivity contribution in [2.45, 2.75) is 37.6 Å². The van der Waals surface area contributed by atoms with Crippen LogP contribution in [0.5, 0.6) is 0 Å². The van der Waals surface area contributed by atoms with Crippen LogP contribution in [0.25, 0.3) is 0 Å². The Hall–Kier alpha value is -1.22. The zero-order valence-corrected chi connectivity index (χ0v) is 15.0. The molecule has 7 nitrogen and oxygen atoms in total. The Balaban J connectivity index is 0.00000264. The van der Waals surface area contributed by atoms with E-state index in [4.69, 9.17) is 5.73 Å². The van der Waals surface area contributed by atoms with Crippen molar-refractivity contribution >= 4 is 28.1 Å². The van der Waals surface area contributed by atoms with E-state index in [0.29, 0.717) is 11.1 Å². The van der Waals surface area contributed by atoms with Gasteiger partial charge in [-0.15, -0.1) is 12.4 Å². The molecule has 1 aliphatic carbocycles. The third kappa shape index (κ3) is 3.82. The summed E-state index contributed by atoms with van der Waals surface area (Å²) in [6.07, 6.45) is 1.88. The second kappa shape index (κ2) is 7.12. The maximum absolute atomic E-state index is 12.8. The molecule has 1 atom stereocenters. The number of nitrogens with zero attached hydrogens (tertiary/aromatic N) is 2. The molecule has 0 saturated heterocycles. The number of nitrogens with two attached hydrogens (primary N) is 1. The molecule has 2 N–H and O–H groups in total. The molecule has 0 amide bonds.